The third-order valence-electron chi connectivity index (χ3n) is 4.04. The highest BCUT2D eigenvalue weighted by atomic mass is 32.2. The Balaban J connectivity index is 1.88. The molecule has 3 aromatic rings. The SMILES string of the molecule is Cc1cccc(N(C)S(=O)(=O)c2cccc(C(=O)Nc3cccnc3)c2)c1. The zero-order chi connectivity index (χ0) is 19.4. The average Bonchev–Trinajstić information content (AvgIpc) is 2.68. The standard InChI is InChI=1S/C20H19N3O3S/c1-15-6-3-9-18(12-15)23(2)27(25,26)19-10-4-7-16(13-19)20(24)22-17-8-5-11-21-14-17/h3-14H,1-2H3,(H,22,24). The fourth-order valence-corrected chi connectivity index (χ4v) is 3.79. The summed E-state index contributed by atoms with van der Waals surface area (Å²) in [6, 6.07) is 16.6. The predicted octanol–water partition coefficient (Wildman–Crippen LogP) is 3.47. The van der Waals surface area contributed by atoms with E-state index in [9.17, 15) is 13.2 Å². The first kappa shape index (κ1) is 18.6. The van der Waals surface area contributed by atoms with E-state index in [0.717, 1.165) is 5.56 Å². The summed E-state index contributed by atoms with van der Waals surface area (Å²) >= 11 is 0. The van der Waals surface area contributed by atoms with Crippen LogP contribution in [0.5, 0.6) is 0 Å². The molecular formula is C20H19N3O3S. The molecular weight excluding hydrogens is 362 g/mol. The van der Waals surface area contributed by atoms with Gasteiger partial charge < -0.3 is 5.32 Å². The van der Waals surface area contributed by atoms with Gasteiger partial charge in [-0.05, 0) is 55.0 Å². The van der Waals surface area contributed by atoms with Gasteiger partial charge >= 0.3 is 0 Å². The Kier molecular flexibility index (Phi) is 5.23. The summed E-state index contributed by atoms with van der Waals surface area (Å²) in [5, 5.41) is 2.70. The van der Waals surface area contributed by atoms with Crippen LogP contribution in [-0.4, -0.2) is 26.4 Å². The lowest BCUT2D eigenvalue weighted by Crippen LogP contribution is -2.27. The van der Waals surface area contributed by atoms with Crippen molar-refractivity contribution in [2.75, 3.05) is 16.7 Å². The quantitative estimate of drug-likeness (QED) is 0.734. The summed E-state index contributed by atoms with van der Waals surface area (Å²) in [4.78, 5) is 16.4. The normalized spacial score (nSPS) is 11.0. The lowest BCUT2D eigenvalue weighted by Gasteiger charge is -2.20. The summed E-state index contributed by atoms with van der Waals surface area (Å²) in [6.45, 7) is 1.90. The summed E-state index contributed by atoms with van der Waals surface area (Å²) in [5.74, 6) is -0.404. The molecule has 0 fully saturated rings. The van der Waals surface area contributed by atoms with Gasteiger partial charge in [0.15, 0.2) is 0 Å². The molecule has 1 amide bonds. The van der Waals surface area contributed by atoms with Gasteiger partial charge in [0, 0.05) is 18.8 Å². The third-order valence-corrected chi connectivity index (χ3v) is 5.82. The van der Waals surface area contributed by atoms with Crippen molar-refractivity contribution in [2.45, 2.75) is 11.8 Å². The fraction of sp³-hybridized carbons (Fsp3) is 0.100. The van der Waals surface area contributed by atoms with Gasteiger partial charge in [-0.3, -0.25) is 14.1 Å². The number of sulfonamides is 1. The van der Waals surface area contributed by atoms with Crippen molar-refractivity contribution >= 4 is 27.3 Å². The second-order valence-electron chi connectivity index (χ2n) is 6.04. The van der Waals surface area contributed by atoms with Crippen molar-refractivity contribution < 1.29 is 13.2 Å². The van der Waals surface area contributed by atoms with E-state index in [1.54, 1.807) is 48.7 Å². The molecule has 2 aromatic carbocycles. The molecule has 0 unspecified atom stereocenters. The number of carbonyl (C=O) groups excluding carboxylic acids is 1. The van der Waals surface area contributed by atoms with E-state index in [2.05, 4.69) is 10.3 Å². The summed E-state index contributed by atoms with van der Waals surface area (Å²) in [7, 11) is -2.30. The molecule has 0 aliphatic heterocycles. The van der Waals surface area contributed by atoms with E-state index >= 15 is 0 Å². The number of aromatic nitrogens is 1. The van der Waals surface area contributed by atoms with Gasteiger partial charge in [-0.25, -0.2) is 8.42 Å². The molecule has 0 radical (unpaired) electrons. The van der Waals surface area contributed by atoms with Crippen LogP contribution < -0.4 is 9.62 Å². The Morgan fingerprint density at radius 3 is 2.52 bits per heavy atom. The highest BCUT2D eigenvalue weighted by Gasteiger charge is 2.22. The molecule has 0 aliphatic carbocycles. The predicted molar refractivity (Wildman–Crippen MR) is 105 cm³/mol. The van der Waals surface area contributed by atoms with Crippen molar-refractivity contribution in [3.8, 4) is 0 Å². The summed E-state index contributed by atoms with van der Waals surface area (Å²) < 4.78 is 27.1. The van der Waals surface area contributed by atoms with E-state index in [1.165, 1.54) is 29.7 Å². The first-order valence-electron chi connectivity index (χ1n) is 8.25. The number of hydrogen-bond acceptors (Lipinski definition) is 4. The van der Waals surface area contributed by atoms with Crippen LogP contribution in [0.15, 0.2) is 78.0 Å². The molecule has 1 heterocycles. The zero-order valence-corrected chi connectivity index (χ0v) is 15.8. The van der Waals surface area contributed by atoms with E-state index < -0.39 is 15.9 Å². The first-order valence-corrected chi connectivity index (χ1v) is 9.69. The van der Waals surface area contributed by atoms with Crippen LogP contribution in [0.4, 0.5) is 11.4 Å². The highest BCUT2D eigenvalue weighted by molar-refractivity contribution is 7.92. The number of nitrogens with zero attached hydrogens (tertiary/aromatic N) is 2. The van der Waals surface area contributed by atoms with Gasteiger partial charge in [-0.2, -0.15) is 0 Å². The number of anilines is 2. The van der Waals surface area contributed by atoms with Crippen LogP contribution in [0.25, 0.3) is 0 Å². The summed E-state index contributed by atoms with van der Waals surface area (Å²) in [6.07, 6.45) is 3.12. The molecule has 7 heteroatoms. The zero-order valence-electron chi connectivity index (χ0n) is 15.0. The van der Waals surface area contributed by atoms with Gasteiger partial charge in [0.25, 0.3) is 15.9 Å². The maximum absolute atomic E-state index is 13.0. The van der Waals surface area contributed by atoms with Crippen LogP contribution >= 0.6 is 0 Å². The molecule has 0 spiro atoms. The minimum atomic E-state index is -3.80. The van der Waals surface area contributed by atoms with Crippen LogP contribution in [0.2, 0.25) is 0 Å². The maximum atomic E-state index is 13.0. The molecule has 6 nitrogen and oxygen atoms in total. The Hall–Kier alpha value is -3.19. The van der Waals surface area contributed by atoms with Crippen molar-refractivity contribution in [3.05, 3.63) is 84.2 Å². The number of carbonyl (C=O) groups is 1. The van der Waals surface area contributed by atoms with E-state index in [-0.39, 0.29) is 10.5 Å². The Bertz CT molecular complexity index is 1070. The number of pyridine rings is 1. The van der Waals surface area contributed by atoms with Gasteiger partial charge in [-0.1, -0.05) is 18.2 Å². The Morgan fingerprint density at radius 2 is 1.81 bits per heavy atom. The van der Waals surface area contributed by atoms with Crippen molar-refractivity contribution in [3.63, 3.8) is 0 Å². The minimum absolute atomic E-state index is 0.0466. The van der Waals surface area contributed by atoms with Crippen LogP contribution in [0, 0.1) is 6.92 Å². The smallest absolute Gasteiger partial charge is 0.264 e. The van der Waals surface area contributed by atoms with Crippen molar-refractivity contribution in [1.29, 1.82) is 0 Å². The maximum Gasteiger partial charge on any atom is 0.264 e. The average molecular weight is 381 g/mol. The molecule has 0 bridgehead atoms. The molecule has 138 valence electrons. The van der Waals surface area contributed by atoms with Crippen LogP contribution in [0.1, 0.15) is 15.9 Å². The Morgan fingerprint density at radius 1 is 1.04 bits per heavy atom. The molecule has 0 aliphatic rings. The molecule has 1 aromatic heterocycles. The number of aryl methyl sites for hydroxylation is 1. The molecule has 0 saturated heterocycles. The van der Waals surface area contributed by atoms with E-state index in [1.807, 2.05) is 13.0 Å². The second-order valence-corrected chi connectivity index (χ2v) is 8.00. The second kappa shape index (κ2) is 7.59. The van der Waals surface area contributed by atoms with Gasteiger partial charge in [0.2, 0.25) is 0 Å². The molecule has 0 atom stereocenters. The van der Waals surface area contributed by atoms with Crippen molar-refractivity contribution in [2.24, 2.45) is 0 Å². The Labute approximate surface area is 158 Å². The molecule has 0 saturated carbocycles. The number of nitrogens with one attached hydrogen (secondary N) is 1. The van der Waals surface area contributed by atoms with Gasteiger partial charge in [-0.15, -0.1) is 0 Å². The molecule has 3 rings (SSSR count). The number of hydrogen-bond donors (Lipinski definition) is 1. The molecule has 1 N–H and O–H groups in total. The number of rotatable bonds is 5. The monoisotopic (exact) mass is 381 g/mol. The number of benzene rings is 2. The van der Waals surface area contributed by atoms with Crippen LogP contribution in [-0.2, 0) is 10.0 Å². The third kappa shape index (κ3) is 4.15. The molecule has 27 heavy (non-hydrogen) atoms. The van der Waals surface area contributed by atoms with Gasteiger partial charge in [0.05, 0.1) is 22.5 Å². The lowest BCUT2D eigenvalue weighted by molar-refractivity contribution is 0.102. The summed E-state index contributed by atoms with van der Waals surface area (Å²) in [5.41, 5.74) is 2.30. The fourth-order valence-electron chi connectivity index (χ4n) is 2.56. The lowest BCUT2D eigenvalue weighted by atomic mass is 10.2. The van der Waals surface area contributed by atoms with E-state index in [4.69, 9.17) is 0 Å². The first-order chi connectivity index (χ1) is 12.9. The topological polar surface area (TPSA) is 79.4 Å². The minimum Gasteiger partial charge on any atom is -0.321 e. The highest BCUT2D eigenvalue weighted by Crippen LogP contribution is 2.23. The van der Waals surface area contributed by atoms with E-state index in [0.29, 0.717) is 11.4 Å². The van der Waals surface area contributed by atoms with Crippen molar-refractivity contribution in [1.82, 2.24) is 4.98 Å². The van der Waals surface area contributed by atoms with Crippen LogP contribution in [0.3, 0.4) is 0 Å². The largest absolute Gasteiger partial charge is 0.321 e. The van der Waals surface area contributed by atoms with Gasteiger partial charge in [0.1, 0.15) is 0 Å². The number of amides is 1.